The fourth-order valence-electron chi connectivity index (χ4n) is 9.41. The first kappa shape index (κ1) is 33.6. The van der Waals surface area contributed by atoms with Gasteiger partial charge in [-0.25, -0.2) is 0 Å². The summed E-state index contributed by atoms with van der Waals surface area (Å²) < 4.78 is 2.42. The largest absolute Gasteiger partial charge is 0.340 e. The minimum atomic E-state index is -0.509. The van der Waals surface area contributed by atoms with E-state index in [2.05, 4.69) is 192 Å². The Kier molecular flexibility index (Phi) is 7.80. The van der Waals surface area contributed by atoms with E-state index in [-0.39, 0.29) is 6.04 Å². The standard InChI is InChI=1S/C54H36N4/c55-35-36-16-14-19-38(30-36)50-34-49(37-17-4-1-5-18-37)56-53(57-50)39-20-15-25-42(31-39)58-51-29-13-11-27-44(51)46-32-45-43-26-10-12-28-47(43)54(48(45)33-52(46)58,40-21-6-2-7-22-40)41-23-8-3-9-24-41/h1-34,50H,(H,56,57). The maximum atomic E-state index is 9.72. The number of nitrogens with one attached hydrogen (secondary N) is 1. The van der Waals surface area contributed by atoms with Crippen LogP contribution >= 0.6 is 0 Å². The van der Waals surface area contributed by atoms with Crippen molar-refractivity contribution in [2.45, 2.75) is 11.5 Å². The van der Waals surface area contributed by atoms with Crippen LogP contribution in [0.2, 0.25) is 0 Å². The summed E-state index contributed by atoms with van der Waals surface area (Å²) in [5.41, 5.74) is 15.0. The molecule has 4 nitrogen and oxygen atoms in total. The van der Waals surface area contributed by atoms with E-state index in [4.69, 9.17) is 4.99 Å². The number of nitriles is 1. The van der Waals surface area contributed by atoms with Crippen molar-refractivity contribution in [1.29, 1.82) is 5.26 Å². The lowest BCUT2D eigenvalue weighted by atomic mass is 9.67. The normalized spacial score (nSPS) is 15.2. The highest BCUT2D eigenvalue weighted by atomic mass is 15.0. The van der Waals surface area contributed by atoms with Crippen LogP contribution in [0.25, 0.3) is 44.3 Å². The molecule has 272 valence electrons. The molecule has 2 aliphatic rings. The molecule has 11 rings (SSSR count). The van der Waals surface area contributed by atoms with Crippen LogP contribution in [0.5, 0.6) is 0 Å². The lowest BCUT2D eigenvalue weighted by molar-refractivity contribution is 0.769. The van der Waals surface area contributed by atoms with Crippen molar-refractivity contribution in [1.82, 2.24) is 9.88 Å². The number of aliphatic imine (C=N–C) groups is 1. The van der Waals surface area contributed by atoms with Crippen LogP contribution in [0.1, 0.15) is 50.5 Å². The zero-order chi connectivity index (χ0) is 38.6. The molecule has 58 heavy (non-hydrogen) atoms. The summed E-state index contributed by atoms with van der Waals surface area (Å²) >= 11 is 0. The van der Waals surface area contributed by atoms with E-state index < -0.39 is 5.41 Å². The van der Waals surface area contributed by atoms with Gasteiger partial charge in [-0.15, -0.1) is 0 Å². The van der Waals surface area contributed by atoms with Crippen LogP contribution in [-0.2, 0) is 5.41 Å². The molecule has 1 aliphatic heterocycles. The number of hydrogen-bond acceptors (Lipinski definition) is 3. The van der Waals surface area contributed by atoms with Gasteiger partial charge in [0.2, 0.25) is 0 Å². The first-order valence-corrected chi connectivity index (χ1v) is 19.7. The number of rotatable bonds is 6. The van der Waals surface area contributed by atoms with E-state index in [1.54, 1.807) is 0 Å². The monoisotopic (exact) mass is 740 g/mol. The van der Waals surface area contributed by atoms with Gasteiger partial charge in [0.1, 0.15) is 5.84 Å². The number of benzene rings is 8. The summed E-state index contributed by atoms with van der Waals surface area (Å²) in [6.45, 7) is 0. The van der Waals surface area contributed by atoms with Crippen molar-refractivity contribution in [3.8, 4) is 22.9 Å². The molecule has 4 heteroatoms. The van der Waals surface area contributed by atoms with E-state index in [1.807, 2.05) is 30.3 Å². The second kappa shape index (κ2) is 13.5. The second-order valence-corrected chi connectivity index (χ2v) is 15.1. The molecule has 0 saturated heterocycles. The quantitative estimate of drug-likeness (QED) is 0.185. The molecule has 1 unspecified atom stereocenters. The molecular weight excluding hydrogens is 705 g/mol. The Bertz CT molecular complexity index is 3110. The summed E-state index contributed by atoms with van der Waals surface area (Å²) in [6, 6.07) is 73.4. The third-order valence-corrected chi connectivity index (χ3v) is 11.9. The number of hydrogen-bond donors (Lipinski definition) is 1. The maximum Gasteiger partial charge on any atom is 0.133 e. The highest BCUT2D eigenvalue weighted by molar-refractivity contribution is 6.12. The van der Waals surface area contributed by atoms with Gasteiger partial charge >= 0.3 is 0 Å². The van der Waals surface area contributed by atoms with E-state index in [1.165, 1.54) is 44.2 Å². The summed E-state index contributed by atoms with van der Waals surface area (Å²) in [5.74, 6) is 0.778. The van der Waals surface area contributed by atoms with Crippen LogP contribution in [0.4, 0.5) is 0 Å². The summed E-state index contributed by atoms with van der Waals surface area (Å²) in [6.07, 6.45) is 2.15. The van der Waals surface area contributed by atoms with Gasteiger partial charge < -0.3 is 9.88 Å². The number of para-hydroxylation sites is 1. The van der Waals surface area contributed by atoms with Crippen LogP contribution in [0, 0.1) is 11.3 Å². The Morgan fingerprint density at radius 1 is 0.534 bits per heavy atom. The lowest BCUT2D eigenvalue weighted by Crippen LogP contribution is -2.28. The van der Waals surface area contributed by atoms with E-state index in [0.717, 1.165) is 44.9 Å². The SMILES string of the molecule is N#Cc1cccc(C2C=C(c3ccccc3)NC(c3cccc(-n4c5ccccc5c5cc6c(cc54)C(c4ccccc4)(c4ccccc4)c4ccccc4-6)c3)=N2)c1. The first-order valence-electron chi connectivity index (χ1n) is 19.7. The Balaban J connectivity index is 1.13. The van der Waals surface area contributed by atoms with E-state index in [0.29, 0.717) is 5.56 Å². The molecule has 1 aliphatic carbocycles. The predicted molar refractivity (Wildman–Crippen MR) is 236 cm³/mol. The Morgan fingerprint density at radius 3 is 1.98 bits per heavy atom. The molecule has 2 heterocycles. The lowest BCUT2D eigenvalue weighted by Gasteiger charge is -2.34. The number of nitrogens with zero attached hydrogens (tertiary/aromatic N) is 3. The third-order valence-electron chi connectivity index (χ3n) is 11.9. The highest BCUT2D eigenvalue weighted by Gasteiger charge is 2.46. The van der Waals surface area contributed by atoms with Crippen LogP contribution in [-0.4, -0.2) is 10.4 Å². The maximum absolute atomic E-state index is 9.72. The number of fused-ring (bicyclic) bond motifs is 6. The van der Waals surface area contributed by atoms with E-state index in [9.17, 15) is 5.26 Å². The van der Waals surface area contributed by atoms with Crippen molar-refractivity contribution in [3.63, 3.8) is 0 Å². The number of amidine groups is 1. The molecule has 0 fully saturated rings. The van der Waals surface area contributed by atoms with Gasteiger partial charge in [-0.1, -0.05) is 158 Å². The fraction of sp³-hybridized carbons (Fsp3) is 0.0370. The molecule has 0 amide bonds. The summed E-state index contributed by atoms with van der Waals surface area (Å²) in [5, 5.41) is 15.8. The Labute approximate surface area is 337 Å². The van der Waals surface area contributed by atoms with Gasteiger partial charge in [0.15, 0.2) is 0 Å². The van der Waals surface area contributed by atoms with Crippen molar-refractivity contribution in [2.24, 2.45) is 4.99 Å². The topological polar surface area (TPSA) is 53.1 Å². The van der Waals surface area contributed by atoms with Gasteiger partial charge in [0.05, 0.1) is 34.1 Å². The van der Waals surface area contributed by atoms with Crippen LogP contribution in [0.3, 0.4) is 0 Å². The minimum absolute atomic E-state index is 0.273. The first-order chi connectivity index (χ1) is 28.7. The Hall–Kier alpha value is -7.74. The molecule has 1 atom stereocenters. The molecular formula is C54H36N4. The van der Waals surface area contributed by atoms with Crippen molar-refractivity contribution >= 4 is 33.3 Å². The average Bonchev–Trinajstić information content (AvgIpc) is 3.79. The summed E-state index contributed by atoms with van der Waals surface area (Å²) in [7, 11) is 0. The van der Waals surface area contributed by atoms with E-state index >= 15 is 0 Å². The fourth-order valence-corrected chi connectivity index (χ4v) is 9.41. The molecule has 1 aromatic heterocycles. The zero-order valence-electron chi connectivity index (χ0n) is 31.5. The predicted octanol–water partition coefficient (Wildman–Crippen LogP) is 12.2. The molecule has 0 radical (unpaired) electrons. The molecule has 0 spiro atoms. The molecule has 8 aromatic carbocycles. The third kappa shape index (κ3) is 5.18. The average molecular weight is 741 g/mol. The van der Waals surface area contributed by atoms with Gasteiger partial charge in [0.25, 0.3) is 0 Å². The zero-order valence-corrected chi connectivity index (χ0v) is 31.5. The minimum Gasteiger partial charge on any atom is -0.340 e. The second-order valence-electron chi connectivity index (χ2n) is 15.1. The smallest absolute Gasteiger partial charge is 0.133 e. The van der Waals surface area contributed by atoms with Gasteiger partial charge in [-0.05, 0) is 93.0 Å². The van der Waals surface area contributed by atoms with Crippen molar-refractivity contribution in [3.05, 3.63) is 251 Å². The van der Waals surface area contributed by atoms with Gasteiger partial charge in [-0.2, -0.15) is 5.26 Å². The van der Waals surface area contributed by atoms with Crippen molar-refractivity contribution < 1.29 is 0 Å². The van der Waals surface area contributed by atoms with Crippen LogP contribution in [0.15, 0.2) is 211 Å². The summed E-state index contributed by atoms with van der Waals surface area (Å²) in [4.78, 5) is 5.29. The van der Waals surface area contributed by atoms with Crippen LogP contribution < -0.4 is 5.32 Å². The molecule has 9 aromatic rings. The van der Waals surface area contributed by atoms with Gasteiger partial charge in [-0.3, -0.25) is 4.99 Å². The Morgan fingerprint density at radius 2 is 1.21 bits per heavy atom. The molecule has 0 bridgehead atoms. The van der Waals surface area contributed by atoms with Gasteiger partial charge in [0, 0.05) is 27.7 Å². The number of aromatic nitrogens is 1. The molecule has 1 N–H and O–H groups in total. The highest BCUT2D eigenvalue weighted by Crippen LogP contribution is 2.57. The van der Waals surface area contributed by atoms with Crippen molar-refractivity contribution in [2.75, 3.05) is 0 Å². The molecule has 0 saturated carbocycles.